The third kappa shape index (κ3) is 3.76. The first-order chi connectivity index (χ1) is 11.1. The minimum absolute atomic E-state index is 0.193. The first-order valence-electron chi connectivity index (χ1n) is 7.74. The first-order valence-corrected chi connectivity index (χ1v) is 8.69. The van der Waals surface area contributed by atoms with Crippen molar-refractivity contribution >= 4 is 28.6 Å². The summed E-state index contributed by atoms with van der Waals surface area (Å²) in [6.07, 6.45) is 1.09. The third-order valence-electron chi connectivity index (χ3n) is 4.24. The molecule has 0 aliphatic carbocycles. The smallest absolute Gasteiger partial charge is 0.217 e. The molecule has 1 saturated heterocycles. The highest BCUT2D eigenvalue weighted by Gasteiger charge is 2.28. The van der Waals surface area contributed by atoms with E-state index < -0.39 is 0 Å². The Hall–Kier alpha value is -2.21. The Morgan fingerprint density at radius 1 is 1.30 bits per heavy atom. The summed E-state index contributed by atoms with van der Waals surface area (Å²) in [6.45, 7) is 2.61. The quantitative estimate of drug-likeness (QED) is 0.883. The Labute approximate surface area is 139 Å². The van der Waals surface area contributed by atoms with Crippen LogP contribution in [-0.4, -0.2) is 36.7 Å². The number of hydrogen-bond acceptors (Lipinski definition) is 5. The molecule has 1 amide bonds. The van der Waals surface area contributed by atoms with Gasteiger partial charge in [-0.2, -0.15) is 11.3 Å². The van der Waals surface area contributed by atoms with Crippen LogP contribution < -0.4 is 15.5 Å². The summed E-state index contributed by atoms with van der Waals surface area (Å²) in [4.78, 5) is 15.8. The molecule has 1 fully saturated rings. The van der Waals surface area contributed by atoms with E-state index in [4.69, 9.17) is 5.73 Å². The van der Waals surface area contributed by atoms with Crippen molar-refractivity contribution in [1.29, 1.82) is 0 Å². The van der Waals surface area contributed by atoms with Gasteiger partial charge in [0.1, 0.15) is 5.75 Å². The number of amides is 1. The van der Waals surface area contributed by atoms with Crippen molar-refractivity contribution < 1.29 is 9.90 Å². The van der Waals surface area contributed by atoms with Gasteiger partial charge in [-0.25, -0.2) is 0 Å². The van der Waals surface area contributed by atoms with Crippen LogP contribution in [0.4, 0.5) is 11.4 Å². The number of primary amides is 1. The van der Waals surface area contributed by atoms with E-state index in [9.17, 15) is 9.90 Å². The fourth-order valence-electron chi connectivity index (χ4n) is 3.09. The van der Waals surface area contributed by atoms with Gasteiger partial charge in [-0.1, -0.05) is 6.07 Å². The van der Waals surface area contributed by atoms with Crippen molar-refractivity contribution in [1.82, 2.24) is 0 Å². The minimum atomic E-state index is -0.270. The lowest BCUT2D eigenvalue weighted by Crippen LogP contribution is -2.53. The fraction of sp³-hybridized carbons (Fsp3) is 0.353. The van der Waals surface area contributed by atoms with Crippen molar-refractivity contribution in [3.05, 3.63) is 41.1 Å². The number of carbonyl (C=O) groups is 1. The molecule has 3 rings (SSSR count). The van der Waals surface area contributed by atoms with Crippen molar-refractivity contribution in [2.45, 2.75) is 18.9 Å². The highest BCUT2D eigenvalue weighted by Crippen LogP contribution is 2.28. The number of hydrogen-bond donors (Lipinski definition) is 2. The van der Waals surface area contributed by atoms with Crippen LogP contribution in [0.25, 0.3) is 0 Å². The molecule has 3 N–H and O–H groups in total. The molecule has 1 atom stereocenters. The number of phenolic OH excluding ortho intramolecular Hbond substituents is 1. The second-order valence-electron chi connectivity index (χ2n) is 5.80. The predicted octanol–water partition coefficient (Wildman–Crippen LogP) is 2.41. The zero-order valence-corrected chi connectivity index (χ0v) is 13.7. The molecule has 2 heterocycles. The number of aromatic hydroxyl groups is 1. The van der Waals surface area contributed by atoms with E-state index in [1.54, 1.807) is 23.5 Å². The molecule has 1 aliphatic rings. The first kappa shape index (κ1) is 15.7. The van der Waals surface area contributed by atoms with Crippen molar-refractivity contribution in [3.8, 4) is 5.75 Å². The van der Waals surface area contributed by atoms with Gasteiger partial charge < -0.3 is 20.6 Å². The van der Waals surface area contributed by atoms with Crippen LogP contribution in [0.15, 0.2) is 41.1 Å². The summed E-state index contributed by atoms with van der Waals surface area (Å²) in [5.41, 5.74) is 7.56. The SMILES string of the molecule is NC(=O)CCC1CN(c2ccsc2)CCN1c1cccc(O)c1. The van der Waals surface area contributed by atoms with Gasteiger partial charge >= 0.3 is 0 Å². The Bertz CT molecular complexity index is 660. The van der Waals surface area contributed by atoms with E-state index >= 15 is 0 Å². The Morgan fingerprint density at radius 2 is 2.17 bits per heavy atom. The monoisotopic (exact) mass is 331 g/mol. The number of benzene rings is 1. The molecule has 0 saturated carbocycles. The van der Waals surface area contributed by atoms with Gasteiger partial charge in [0.2, 0.25) is 5.91 Å². The topological polar surface area (TPSA) is 69.8 Å². The highest BCUT2D eigenvalue weighted by atomic mass is 32.1. The number of nitrogens with zero attached hydrogens (tertiary/aromatic N) is 2. The Kier molecular flexibility index (Phi) is 4.71. The van der Waals surface area contributed by atoms with Gasteiger partial charge in [-0.05, 0) is 30.0 Å². The van der Waals surface area contributed by atoms with Crippen LogP contribution in [-0.2, 0) is 4.79 Å². The maximum atomic E-state index is 11.2. The fourth-order valence-corrected chi connectivity index (χ4v) is 3.76. The van der Waals surface area contributed by atoms with Crippen molar-refractivity contribution in [2.75, 3.05) is 29.4 Å². The summed E-state index contributed by atoms with van der Waals surface area (Å²) >= 11 is 1.69. The minimum Gasteiger partial charge on any atom is -0.508 e. The standard InChI is InChI=1S/C17H21N3O2S/c18-17(22)5-4-14-11-19(15-6-9-23-12-15)7-8-20(14)13-2-1-3-16(21)10-13/h1-3,6,9-10,12,14,21H,4-5,7-8,11H2,(H2,18,22). The molecule has 0 radical (unpaired) electrons. The van der Waals surface area contributed by atoms with Gasteiger partial charge in [0.25, 0.3) is 0 Å². The lowest BCUT2D eigenvalue weighted by Gasteiger charge is -2.43. The number of carbonyl (C=O) groups excluding carboxylic acids is 1. The number of nitrogens with two attached hydrogens (primary N) is 1. The van der Waals surface area contributed by atoms with Crippen LogP contribution in [0.1, 0.15) is 12.8 Å². The van der Waals surface area contributed by atoms with E-state index in [-0.39, 0.29) is 17.7 Å². The Morgan fingerprint density at radius 3 is 2.87 bits per heavy atom. The summed E-state index contributed by atoms with van der Waals surface area (Å²) < 4.78 is 0. The summed E-state index contributed by atoms with van der Waals surface area (Å²) in [6, 6.07) is 9.61. The average molecular weight is 331 g/mol. The van der Waals surface area contributed by atoms with Crippen LogP contribution in [0.2, 0.25) is 0 Å². The summed E-state index contributed by atoms with van der Waals surface area (Å²) in [7, 11) is 0. The van der Waals surface area contributed by atoms with Crippen molar-refractivity contribution in [2.24, 2.45) is 5.73 Å². The third-order valence-corrected chi connectivity index (χ3v) is 4.91. The molecule has 1 unspecified atom stereocenters. The molecule has 1 aromatic heterocycles. The zero-order valence-electron chi connectivity index (χ0n) is 12.9. The van der Waals surface area contributed by atoms with Crippen LogP contribution in [0, 0.1) is 0 Å². The normalized spacial score (nSPS) is 18.2. The van der Waals surface area contributed by atoms with E-state index in [1.807, 2.05) is 12.1 Å². The summed E-state index contributed by atoms with van der Waals surface area (Å²) in [5.74, 6) is -0.00932. The van der Waals surface area contributed by atoms with Gasteiger partial charge in [0.05, 0.1) is 0 Å². The molecule has 6 heteroatoms. The van der Waals surface area contributed by atoms with Gasteiger partial charge in [-0.3, -0.25) is 4.79 Å². The molecular formula is C17H21N3O2S. The lowest BCUT2D eigenvalue weighted by atomic mass is 10.0. The maximum Gasteiger partial charge on any atom is 0.217 e. The second kappa shape index (κ2) is 6.91. The van der Waals surface area contributed by atoms with E-state index in [2.05, 4.69) is 26.6 Å². The molecule has 122 valence electrons. The van der Waals surface area contributed by atoms with E-state index in [1.165, 1.54) is 5.69 Å². The average Bonchev–Trinajstić information content (AvgIpc) is 3.07. The number of rotatable bonds is 5. The number of thiophene rings is 1. The van der Waals surface area contributed by atoms with E-state index in [0.29, 0.717) is 12.8 Å². The Balaban J connectivity index is 1.79. The predicted molar refractivity (Wildman–Crippen MR) is 94.2 cm³/mol. The van der Waals surface area contributed by atoms with Crippen molar-refractivity contribution in [3.63, 3.8) is 0 Å². The molecule has 0 spiro atoms. The molecular weight excluding hydrogens is 310 g/mol. The molecule has 0 bridgehead atoms. The molecule has 1 aromatic carbocycles. The largest absolute Gasteiger partial charge is 0.508 e. The maximum absolute atomic E-state index is 11.2. The van der Waals surface area contributed by atoms with Gasteiger partial charge in [0.15, 0.2) is 0 Å². The highest BCUT2D eigenvalue weighted by molar-refractivity contribution is 7.08. The molecule has 1 aliphatic heterocycles. The van der Waals surface area contributed by atoms with Gasteiger partial charge in [-0.15, -0.1) is 0 Å². The van der Waals surface area contributed by atoms with Crippen LogP contribution in [0.5, 0.6) is 5.75 Å². The molecule has 2 aromatic rings. The van der Waals surface area contributed by atoms with Crippen LogP contribution >= 0.6 is 11.3 Å². The summed E-state index contributed by atoms with van der Waals surface area (Å²) in [5, 5.41) is 14.0. The lowest BCUT2D eigenvalue weighted by molar-refractivity contribution is -0.118. The number of anilines is 2. The second-order valence-corrected chi connectivity index (χ2v) is 6.58. The van der Waals surface area contributed by atoms with E-state index in [0.717, 1.165) is 25.3 Å². The molecule has 5 nitrogen and oxygen atoms in total. The van der Waals surface area contributed by atoms with Crippen LogP contribution in [0.3, 0.4) is 0 Å². The number of piperazine rings is 1. The number of phenols is 1. The van der Waals surface area contributed by atoms with Gasteiger partial charge in [0, 0.05) is 54.9 Å². The zero-order chi connectivity index (χ0) is 16.2. The molecule has 23 heavy (non-hydrogen) atoms.